The Kier molecular flexibility index (Phi) is 2.54. The molecule has 11 heavy (non-hydrogen) atoms. The summed E-state index contributed by atoms with van der Waals surface area (Å²) in [5.41, 5.74) is 7.69. The van der Waals surface area contributed by atoms with Crippen molar-refractivity contribution >= 4 is 0 Å². The van der Waals surface area contributed by atoms with Gasteiger partial charge in [0.2, 0.25) is 0 Å². The van der Waals surface area contributed by atoms with E-state index >= 15 is 0 Å². The number of hydrogen-bond donors (Lipinski definition) is 1. The molecular weight excluding hydrogens is 138 g/mol. The highest BCUT2D eigenvalue weighted by Gasteiger charge is 2.05. The number of aryl methyl sites for hydroxylation is 1. The minimum atomic E-state index is 0.358. The topological polar surface area (TPSA) is 51.8 Å². The van der Waals surface area contributed by atoms with Crippen molar-refractivity contribution in [3.8, 4) is 0 Å². The second kappa shape index (κ2) is 3.44. The molecule has 0 saturated heterocycles. The predicted octanol–water partition coefficient (Wildman–Crippen LogP) is 0.847. The first-order valence-corrected chi connectivity index (χ1v) is 3.72. The van der Waals surface area contributed by atoms with Crippen molar-refractivity contribution in [2.75, 3.05) is 6.54 Å². The monoisotopic (exact) mass is 151 g/mol. The third-order valence-electron chi connectivity index (χ3n) is 1.83. The van der Waals surface area contributed by atoms with E-state index in [1.165, 1.54) is 0 Å². The Labute approximate surface area is 66.7 Å². The van der Waals surface area contributed by atoms with Gasteiger partial charge in [-0.2, -0.15) is 0 Å². The molecule has 1 aromatic heterocycles. The molecule has 1 heterocycles. The van der Waals surface area contributed by atoms with Crippen molar-refractivity contribution in [3.05, 3.63) is 23.8 Å². The Morgan fingerprint density at radius 2 is 2.36 bits per heavy atom. The van der Waals surface area contributed by atoms with E-state index < -0.39 is 0 Å². The molecule has 60 valence electrons. The number of rotatable bonds is 2. The molecule has 0 fully saturated rings. The quantitative estimate of drug-likeness (QED) is 0.681. The van der Waals surface area contributed by atoms with E-state index in [4.69, 9.17) is 5.73 Å². The summed E-state index contributed by atoms with van der Waals surface area (Å²) in [6, 6.07) is 0. The summed E-state index contributed by atoms with van der Waals surface area (Å²) in [5.74, 6) is 0.358. The Morgan fingerprint density at radius 3 is 2.91 bits per heavy atom. The van der Waals surface area contributed by atoms with Gasteiger partial charge < -0.3 is 5.73 Å². The molecule has 1 rings (SSSR count). The normalized spacial score (nSPS) is 13.0. The fourth-order valence-corrected chi connectivity index (χ4v) is 1.01. The summed E-state index contributed by atoms with van der Waals surface area (Å²) in [6.07, 6.45) is 3.39. The molecule has 1 atom stereocenters. The summed E-state index contributed by atoms with van der Waals surface area (Å²) < 4.78 is 0. The van der Waals surface area contributed by atoms with E-state index in [2.05, 4.69) is 16.9 Å². The fourth-order valence-electron chi connectivity index (χ4n) is 1.01. The molecule has 1 unspecified atom stereocenters. The lowest BCUT2D eigenvalue weighted by Crippen LogP contribution is -2.10. The van der Waals surface area contributed by atoms with Crippen LogP contribution in [0.5, 0.6) is 0 Å². The minimum absolute atomic E-state index is 0.358. The maximum atomic E-state index is 5.52. The van der Waals surface area contributed by atoms with Gasteiger partial charge in [-0.3, -0.25) is 0 Å². The summed E-state index contributed by atoms with van der Waals surface area (Å²) in [4.78, 5) is 8.03. The number of hydrogen-bond acceptors (Lipinski definition) is 3. The van der Waals surface area contributed by atoms with Crippen LogP contribution in [0.4, 0.5) is 0 Å². The molecule has 0 radical (unpaired) electrons. The molecule has 0 spiro atoms. The van der Waals surface area contributed by atoms with Gasteiger partial charge in [0.05, 0.1) is 0 Å². The first-order chi connectivity index (χ1) is 5.25. The molecule has 1 aromatic rings. The van der Waals surface area contributed by atoms with E-state index in [9.17, 15) is 0 Å². The van der Waals surface area contributed by atoms with E-state index in [-0.39, 0.29) is 0 Å². The van der Waals surface area contributed by atoms with Crippen molar-refractivity contribution in [2.45, 2.75) is 19.8 Å². The molecule has 0 amide bonds. The molecule has 0 aliphatic heterocycles. The van der Waals surface area contributed by atoms with Gasteiger partial charge in [0.1, 0.15) is 6.33 Å². The third kappa shape index (κ3) is 1.74. The lowest BCUT2D eigenvalue weighted by Gasteiger charge is -2.09. The highest BCUT2D eigenvalue weighted by molar-refractivity contribution is 5.18. The summed E-state index contributed by atoms with van der Waals surface area (Å²) in [6.45, 7) is 4.70. The molecule has 2 N–H and O–H groups in total. The SMILES string of the molecule is Cc1ncncc1C(C)CN. The number of nitrogens with zero attached hydrogens (tertiary/aromatic N) is 2. The van der Waals surface area contributed by atoms with Gasteiger partial charge in [-0.05, 0) is 24.9 Å². The van der Waals surface area contributed by atoms with Gasteiger partial charge >= 0.3 is 0 Å². The Balaban J connectivity index is 2.93. The zero-order valence-corrected chi connectivity index (χ0v) is 6.91. The van der Waals surface area contributed by atoms with Crippen molar-refractivity contribution in [3.63, 3.8) is 0 Å². The van der Waals surface area contributed by atoms with Crippen molar-refractivity contribution in [1.29, 1.82) is 0 Å². The van der Waals surface area contributed by atoms with Crippen molar-refractivity contribution in [1.82, 2.24) is 9.97 Å². The van der Waals surface area contributed by atoms with Gasteiger partial charge in [-0.1, -0.05) is 6.92 Å². The number of nitrogens with two attached hydrogens (primary N) is 1. The average Bonchev–Trinajstić information content (AvgIpc) is 2.04. The maximum absolute atomic E-state index is 5.52. The maximum Gasteiger partial charge on any atom is 0.115 e. The smallest absolute Gasteiger partial charge is 0.115 e. The van der Waals surface area contributed by atoms with Crippen LogP contribution in [0, 0.1) is 6.92 Å². The molecule has 3 nitrogen and oxygen atoms in total. The van der Waals surface area contributed by atoms with Crippen LogP contribution < -0.4 is 5.73 Å². The first-order valence-electron chi connectivity index (χ1n) is 3.72. The van der Waals surface area contributed by atoms with Gasteiger partial charge in [0.25, 0.3) is 0 Å². The molecule has 3 heteroatoms. The average molecular weight is 151 g/mol. The van der Waals surface area contributed by atoms with Crippen LogP contribution in [0.3, 0.4) is 0 Å². The summed E-state index contributed by atoms with van der Waals surface area (Å²) >= 11 is 0. The lowest BCUT2D eigenvalue weighted by atomic mass is 10.0. The highest BCUT2D eigenvalue weighted by atomic mass is 14.8. The molecule has 0 aliphatic carbocycles. The predicted molar refractivity (Wildman–Crippen MR) is 44.2 cm³/mol. The van der Waals surface area contributed by atoms with Crippen LogP contribution in [0.2, 0.25) is 0 Å². The van der Waals surface area contributed by atoms with Crippen molar-refractivity contribution in [2.24, 2.45) is 5.73 Å². The molecule has 0 saturated carbocycles. The molecule has 0 bridgehead atoms. The zero-order valence-electron chi connectivity index (χ0n) is 6.91. The number of aromatic nitrogens is 2. The highest BCUT2D eigenvalue weighted by Crippen LogP contribution is 2.14. The van der Waals surface area contributed by atoms with Crippen LogP contribution in [0.25, 0.3) is 0 Å². The standard InChI is InChI=1S/C8H13N3/c1-6(3-9)8-4-10-5-11-7(8)2/h4-6H,3,9H2,1-2H3. The molecule has 0 aromatic carbocycles. The Bertz CT molecular complexity index is 235. The Hall–Kier alpha value is -0.960. The van der Waals surface area contributed by atoms with Gasteiger partial charge in [0.15, 0.2) is 0 Å². The van der Waals surface area contributed by atoms with Crippen LogP contribution >= 0.6 is 0 Å². The van der Waals surface area contributed by atoms with Crippen molar-refractivity contribution < 1.29 is 0 Å². The zero-order chi connectivity index (χ0) is 8.27. The van der Waals surface area contributed by atoms with E-state index in [0.717, 1.165) is 11.3 Å². The van der Waals surface area contributed by atoms with Gasteiger partial charge in [0, 0.05) is 11.9 Å². The van der Waals surface area contributed by atoms with E-state index in [0.29, 0.717) is 12.5 Å². The molecular formula is C8H13N3. The first kappa shape index (κ1) is 8.14. The van der Waals surface area contributed by atoms with Gasteiger partial charge in [-0.15, -0.1) is 0 Å². The van der Waals surface area contributed by atoms with E-state index in [1.807, 2.05) is 13.1 Å². The van der Waals surface area contributed by atoms with Crippen LogP contribution in [0.1, 0.15) is 24.1 Å². The van der Waals surface area contributed by atoms with Gasteiger partial charge in [-0.25, -0.2) is 9.97 Å². The second-order valence-corrected chi connectivity index (χ2v) is 2.70. The third-order valence-corrected chi connectivity index (χ3v) is 1.83. The summed E-state index contributed by atoms with van der Waals surface area (Å²) in [7, 11) is 0. The lowest BCUT2D eigenvalue weighted by molar-refractivity contribution is 0.753. The molecule has 0 aliphatic rings. The largest absolute Gasteiger partial charge is 0.330 e. The van der Waals surface area contributed by atoms with Crippen LogP contribution in [-0.2, 0) is 0 Å². The van der Waals surface area contributed by atoms with Crippen LogP contribution in [0.15, 0.2) is 12.5 Å². The summed E-state index contributed by atoms with van der Waals surface area (Å²) in [5, 5.41) is 0. The second-order valence-electron chi connectivity index (χ2n) is 2.70. The van der Waals surface area contributed by atoms with Crippen LogP contribution in [-0.4, -0.2) is 16.5 Å². The Morgan fingerprint density at radius 1 is 1.64 bits per heavy atom. The minimum Gasteiger partial charge on any atom is -0.330 e. The fraction of sp³-hybridized carbons (Fsp3) is 0.500. The van der Waals surface area contributed by atoms with E-state index in [1.54, 1.807) is 6.33 Å².